The molecule has 0 rings (SSSR count). The summed E-state index contributed by atoms with van der Waals surface area (Å²) in [6, 6.07) is 0. The summed E-state index contributed by atoms with van der Waals surface area (Å²) >= 11 is 0. The Balaban J connectivity index is 3.26. The molecule has 2 N–H and O–H groups in total. The minimum absolute atomic E-state index is 0.176. The van der Waals surface area contributed by atoms with Gasteiger partial charge in [0.15, 0.2) is 0 Å². The Labute approximate surface area is 93.4 Å². The molecule has 0 saturated carbocycles. The van der Waals surface area contributed by atoms with Gasteiger partial charge in [0.05, 0.1) is 0 Å². The van der Waals surface area contributed by atoms with Crippen LogP contribution in [0.4, 0.5) is 0 Å². The summed E-state index contributed by atoms with van der Waals surface area (Å²) in [7, 11) is 4.08. The van der Waals surface area contributed by atoms with E-state index in [0.29, 0.717) is 6.42 Å². The van der Waals surface area contributed by atoms with E-state index in [4.69, 9.17) is 0 Å². The van der Waals surface area contributed by atoms with E-state index in [1.807, 2.05) is 14.0 Å². The van der Waals surface area contributed by atoms with Gasteiger partial charge in [-0.2, -0.15) is 0 Å². The molecule has 0 unspecified atom stereocenters. The zero-order valence-corrected chi connectivity index (χ0v) is 10.3. The van der Waals surface area contributed by atoms with Crippen molar-refractivity contribution in [1.82, 2.24) is 15.5 Å². The molecule has 0 aromatic heterocycles. The maximum Gasteiger partial charge on any atom is 0.219 e. The standard InChI is InChI=1S/C11H25N3O/c1-4-13-11(15)7-5-6-9-14(3)10-8-12-2/h12H,4-10H2,1-3H3,(H,13,15). The van der Waals surface area contributed by atoms with Gasteiger partial charge in [-0.05, 0) is 40.4 Å². The summed E-state index contributed by atoms with van der Waals surface area (Å²) in [5.41, 5.74) is 0. The molecule has 0 heterocycles. The van der Waals surface area contributed by atoms with Gasteiger partial charge in [-0.25, -0.2) is 0 Å². The molecule has 0 aromatic carbocycles. The zero-order valence-electron chi connectivity index (χ0n) is 10.3. The highest BCUT2D eigenvalue weighted by Crippen LogP contribution is 1.97. The number of hydrogen-bond acceptors (Lipinski definition) is 3. The third-order valence-electron chi connectivity index (χ3n) is 2.31. The molecule has 0 spiro atoms. The largest absolute Gasteiger partial charge is 0.356 e. The minimum Gasteiger partial charge on any atom is -0.356 e. The number of rotatable bonds is 9. The average Bonchev–Trinajstić information content (AvgIpc) is 2.22. The van der Waals surface area contributed by atoms with Crippen molar-refractivity contribution in [1.29, 1.82) is 0 Å². The fourth-order valence-electron chi connectivity index (χ4n) is 1.37. The molecule has 0 aliphatic carbocycles. The van der Waals surface area contributed by atoms with E-state index in [2.05, 4.69) is 22.6 Å². The Morgan fingerprint density at radius 1 is 1.27 bits per heavy atom. The fraction of sp³-hybridized carbons (Fsp3) is 0.909. The molecular formula is C11H25N3O. The van der Waals surface area contributed by atoms with Gasteiger partial charge >= 0.3 is 0 Å². The lowest BCUT2D eigenvalue weighted by atomic mass is 10.2. The van der Waals surface area contributed by atoms with Crippen LogP contribution in [0.5, 0.6) is 0 Å². The second-order valence-corrected chi connectivity index (χ2v) is 3.82. The van der Waals surface area contributed by atoms with Gasteiger partial charge in [0, 0.05) is 26.1 Å². The summed E-state index contributed by atoms with van der Waals surface area (Å²) in [6.45, 7) is 5.84. The first kappa shape index (κ1) is 14.4. The maximum atomic E-state index is 11.1. The molecule has 4 nitrogen and oxygen atoms in total. The normalized spacial score (nSPS) is 10.7. The van der Waals surface area contributed by atoms with Crippen LogP contribution in [0, 0.1) is 0 Å². The van der Waals surface area contributed by atoms with Gasteiger partial charge in [-0.15, -0.1) is 0 Å². The molecule has 4 heteroatoms. The van der Waals surface area contributed by atoms with E-state index in [1.54, 1.807) is 0 Å². The van der Waals surface area contributed by atoms with Crippen LogP contribution < -0.4 is 10.6 Å². The Morgan fingerprint density at radius 3 is 2.60 bits per heavy atom. The number of nitrogens with zero attached hydrogens (tertiary/aromatic N) is 1. The van der Waals surface area contributed by atoms with Gasteiger partial charge in [-0.3, -0.25) is 4.79 Å². The van der Waals surface area contributed by atoms with Crippen molar-refractivity contribution in [2.45, 2.75) is 26.2 Å². The van der Waals surface area contributed by atoms with Crippen molar-refractivity contribution in [3.63, 3.8) is 0 Å². The predicted octanol–water partition coefficient (Wildman–Crippen LogP) is 0.444. The van der Waals surface area contributed by atoms with Crippen molar-refractivity contribution in [3.8, 4) is 0 Å². The van der Waals surface area contributed by atoms with E-state index < -0.39 is 0 Å². The summed E-state index contributed by atoms with van der Waals surface area (Å²) < 4.78 is 0. The van der Waals surface area contributed by atoms with Crippen molar-refractivity contribution >= 4 is 5.91 Å². The van der Waals surface area contributed by atoms with Crippen molar-refractivity contribution in [2.75, 3.05) is 40.3 Å². The van der Waals surface area contributed by atoms with E-state index in [1.165, 1.54) is 0 Å². The lowest BCUT2D eigenvalue weighted by Gasteiger charge is -2.15. The first-order valence-corrected chi connectivity index (χ1v) is 5.80. The van der Waals surface area contributed by atoms with Crippen molar-refractivity contribution < 1.29 is 4.79 Å². The van der Waals surface area contributed by atoms with Crippen molar-refractivity contribution in [2.24, 2.45) is 0 Å². The van der Waals surface area contributed by atoms with E-state index in [-0.39, 0.29) is 5.91 Å². The first-order chi connectivity index (χ1) is 7.20. The third-order valence-corrected chi connectivity index (χ3v) is 2.31. The van der Waals surface area contributed by atoms with Crippen LogP contribution in [0.2, 0.25) is 0 Å². The summed E-state index contributed by atoms with van der Waals surface area (Å²) in [6.07, 6.45) is 2.74. The highest BCUT2D eigenvalue weighted by Gasteiger charge is 2.00. The number of carbonyl (C=O) groups excluding carboxylic acids is 1. The smallest absolute Gasteiger partial charge is 0.219 e. The lowest BCUT2D eigenvalue weighted by Crippen LogP contribution is -2.28. The molecule has 1 amide bonds. The van der Waals surface area contributed by atoms with Gasteiger partial charge < -0.3 is 15.5 Å². The molecule has 90 valence electrons. The zero-order chi connectivity index (χ0) is 11.5. The summed E-state index contributed by atoms with van der Waals surface area (Å²) in [5.74, 6) is 0.176. The van der Waals surface area contributed by atoms with Crippen LogP contribution >= 0.6 is 0 Å². The van der Waals surface area contributed by atoms with Crippen LogP contribution in [0.1, 0.15) is 26.2 Å². The maximum absolute atomic E-state index is 11.1. The molecular weight excluding hydrogens is 190 g/mol. The third kappa shape index (κ3) is 9.69. The Bertz CT molecular complexity index is 162. The van der Waals surface area contributed by atoms with Crippen LogP contribution in [0.3, 0.4) is 0 Å². The number of likely N-dealkylation sites (N-methyl/N-ethyl adjacent to an activating group) is 2. The molecule has 15 heavy (non-hydrogen) atoms. The number of amides is 1. The highest BCUT2D eigenvalue weighted by atomic mass is 16.1. The van der Waals surface area contributed by atoms with Crippen molar-refractivity contribution in [3.05, 3.63) is 0 Å². The van der Waals surface area contributed by atoms with E-state index in [9.17, 15) is 4.79 Å². The number of unbranched alkanes of at least 4 members (excludes halogenated alkanes) is 1. The van der Waals surface area contributed by atoms with Gasteiger partial charge in [0.2, 0.25) is 5.91 Å². The molecule has 0 bridgehead atoms. The second kappa shape index (κ2) is 9.93. The second-order valence-electron chi connectivity index (χ2n) is 3.82. The van der Waals surface area contributed by atoms with Gasteiger partial charge in [0.1, 0.15) is 0 Å². The monoisotopic (exact) mass is 215 g/mol. The highest BCUT2D eigenvalue weighted by molar-refractivity contribution is 5.75. The molecule has 0 aliphatic heterocycles. The van der Waals surface area contributed by atoms with E-state index >= 15 is 0 Å². The van der Waals surface area contributed by atoms with Gasteiger partial charge in [-0.1, -0.05) is 0 Å². The summed E-state index contributed by atoms with van der Waals surface area (Å²) in [4.78, 5) is 13.4. The number of carbonyl (C=O) groups is 1. The van der Waals surface area contributed by atoms with Crippen LogP contribution in [-0.2, 0) is 4.79 Å². The topological polar surface area (TPSA) is 44.4 Å². The molecule has 0 fully saturated rings. The predicted molar refractivity (Wildman–Crippen MR) is 64.0 cm³/mol. The van der Waals surface area contributed by atoms with Crippen LogP contribution in [-0.4, -0.2) is 51.1 Å². The molecule has 0 aliphatic rings. The number of hydrogen-bond donors (Lipinski definition) is 2. The molecule has 0 aromatic rings. The first-order valence-electron chi connectivity index (χ1n) is 5.80. The Hall–Kier alpha value is -0.610. The lowest BCUT2D eigenvalue weighted by molar-refractivity contribution is -0.121. The average molecular weight is 215 g/mol. The van der Waals surface area contributed by atoms with E-state index in [0.717, 1.165) is 39.0 Å². The molecule has 0 saturated heterocycles. The molecule has 0 radical (unpaired) electrons. The van der Waals surface area contributed by atoms with Gasteiger partial charge in [0.25, 0.3) is 0 Å². The fourth-order valence-corrected chi connectivity index (χ4v) is 1.37. The SMILES string of the molecule is CCNC(=O)CCCCN(C)CCNC. The van der Waals surface area contributed by atoms with Crippen LogP contribution in [0.15, 0.2) is 0 Å². The summed E-state index contributed by atoms with van der Waals surface area (Å²) in [5, 5.41) is 5.92. The van der Waals surface area contributed by atoms with Crippen LogP contribution in [0.25, 0.3) is 0 Å². The molecule has 0 atom stereocenters. The quantitative estimate of drug-likeness (QED) is 0.549. The minimum atomic E-state index is 0.176. The Kier molecular flexibility index (Phi) is 9.52. The number of nitrogens with one attached hydrogen (secondary N) is 2. The Morgan fingerprint density at radius 2 is 2.00 bits per heavy atom.